The number of esters is 1. The predicted molar refractivity (Wildman–Crippen MR) is 129 cm³/mol. The van der Waals surface area contributed by atoms with Crippen molar-refractivity contribution in [1.29, 1.82) is 0 Å². The molecule has 0 spiro atoms. The fraction of sp³-hybridized carbons (Fsp3) is 0.375. The number of ether oxygens (including phenoxy) is 1. The molecule has 0 bridgehead atoms. The minimum Gasteiger partial charge on any atom is -0.465 e. The second-order valence-electron chi connectivity index (χ2n) is 7.85. The van der Waals surface area contributed by atoms with Gasteiger partial charge < -0.3 is 9.30 Å². The quantitative estimate of drug-likeness (QED) is 0.451. The third-order valence-electron chi connectivity index (χ3n) is 5.20. The summed E-state index contributed by atoms with van der Waals surface area (Å²) in [6.45, 7) is 7.31. The van der Waals surface area contributed by atoms with Gasteiger partial charge in [0, 0.05) is 0 Å². The first-order valence-corrected chi connectivity index (χ1v) is 13.2. The van der Waals surface area contributed by atoms with Crippen LogP contribution in [0.4, 0.5) is 0 Å². The molecule has 2 aromatic carbocycles. The van der Waals surface area contributed by atoms with Gasteiger partial charge in [-0.1, -0.05) is 36.5 Å². The minimum atomic E-state index is -3.37. The zero-order valence-corrected chi connectivity index (χ0v) is 20.8. The van der Waals surface area contributed by atoms with Crippen LogP contribution in [0.5, 0.6) is 0 Å². The number of sulfone groups is 1. The molecular formula is C24H28N2O5S2. The number of carbonyl (C=O) groups excluding carboxylic acids is 2. The number of hydrogen-bond acceptors (Lipinski definition) is 6. The molecule has 3 rings (SSSR count). The molecule has 9 heteroatoms. The molecule has 0 unspecified atom stereocenters. The molecule has 0 atom stereocenters. The number of aryl methyl sites for hydroxylation is 1. The van der Waals surface area contributed by atoms with Gasteiger partial charge in [0.05, 0.1) is 33.4 Å². The van der Waals surface area contributed by atoms with Crippen LogP contribution in [0.1, 0.15) is 38.8 Å². The second-order valence-corrected chi connectivity index (χ2v) is 11.4. The molecular weight excluding hydrogens is 460 g/mol. The number of nitrogens with zero attached hydrogens (tertiary/aromatic N) is 2. The van der Waals surface area contributed by atoms with E-state index in [0.717, 1.165) is 22.2 Å². The van der Waals surface area contributed by atoms with Gasteiger partial charge in [-0.15, -0.1) is 0 Å². The van der Waals surface area contributed by atoms with Crippen LogP contribution >= 0.6 is 11.3 Å². The maximum Gasteiger partial charge on any atom is 0.326 e. The summed E-state index contributed by atoms with van der Waals surface area (Å²) in [6, 6.07) is 12.3. The minimum absolute atomic E-state index is 0.0237. The number of benzene rings is 2. The van der Waals surface area contributed by atoms with E-state index in [-0.39, 0.29) is 30.4 Å². The number of fused-ring (bicyclic) bond motifs is 1. The summed E-state index contributed by atoms with van der Waals surface area (Å²) < 4.78 is 32.3. The summed E-state index contributed by atoms with van der Waals surface area (Å²) in [5.74, 6) is -0.776. The lowest BCUT2D eigenvalue weighted by atomic mass is 10.1. The number of carbonyl (C=O) groups is 2. The molecule has 3 aromatic rings. The smallest absolute Gasteiger partial charge is 0.326 e. The Morgan fingerprint density at radius 2 is 1.73 bits per heavy atom. The number of thiazole rings is 1. The van der Waals surface area contributed by atoms with Gasteiger partial charge in [0.1, 0.15) is 6.54 Å². The highest BCUT2D eigenvalue weighted by molar-refractivity contribution is 7.92. The molecule has 1 heterocycles. The van der Waals surface area contributed by atoms with E-state index in [2.05, 4.69) is 11.9 Å². The molecule has 0 aliphatic rings. The van der Waals surface area contributed by atoms with Gasteiger partial charge in [-0.05, 0) is 62.6 Å². The van der Waals surface area contributed by atoms with E-state index >= 15 is 0 Å². The predicted octanol–water partition coefficient (Wildman–Crippen LogP) is 3.68. The van der Waals surface area contributed by atoms with Crippen LogP contribution in [0.2, 0.25) is 0 Å². The Labute approximate surface area is 197 Å². The Morgan fingerprint density at radius 1 is 1.06 bits per heavy atom. The molecule has 1 aromatic heterocycles. The van der Waals surface area contributed by atoms with E-state index in [1.165, 1.54) is 23.5 Å². The molecule has 0 aliphatic carbocycles. The Kier molecular flexibility index (Phi) is 7.86. The number of amides is 1. The van der Waals surface area contributed by atoms with Crippen LogP contribution in [0.25, 0.3) is 10.2 Å². The van der Waals surface area contributed by atoms with Gasteiger partial charge in [0.25, 0.3) is 5.91 Å². The normalized spacial score (nSPS) is 12.5. The molecule has 0 saturated heterocycles. The van der Waals surface area contributed by atoms with Gasteiger partial charge in [-0.2, -0.15) is 4.99 Å². The fourth-order valence-corrected chi connectivity index (χ4v) is 5.47. The molecule has 1 amide bonds. The van der Waals surface area contributed by atoms with E-state index in [0.29, 0.717) is 10.4 Å². The van der Waals surface area contributed by atoms with Gasteiger partial charge in [0.2, 0.25) is 0 Å². The molecule has 0 radical (unpaired) electrons. The SMILES string of the molecule is CCOC(=O)Cn1c(=NC(=O)Cc2ccc(S(=O)(=O)C(C)C)cc2)sc2cc(CC)ccc21. The highest BCUT2D eigenvalue weighted by Crippen LogP contribution is 2.20. The van der Waals surface area contributed by atoms with Crippen LogP contribution in [-0.4, -0.2) is 36.7 Å². The van der Waals surface area contributed by atoms with Crippen molar-refractivity contribution in [2.75, 3.05) is 6.61 Å². The number of hydrogen-bond donors (Lipinski definition) is 0. The topological polar surface area (TPSA) is 94.8 Å². The highest BCUT2D eigenvalue weighted by Gasteiger charge is 2.19. The van der Waals surface area contributed by atoms with Crippen molar-refractivity contribution in [3.63, 3.8) is 0 Å². The number of rotatable bonds is 8. The van der Waals surface area contributed by atoms with E-state index in [1.54, 1.807) is 37.5 Å². The monoisotopic (exact) mass is 488 g/mol. The summed E-state index contributed by atoms with van der Waals surface area (Å²) in [6.07, 6.45) is 0.898. The summed E-state index contributed by atoms with van der Waals surface area (Å²) in [7, 11) is -3.37. The Hall–Kier alpha value is -2.78. The summed E-state index contributed by atoms with van der Waals surface area (Å²) in [5.41, 5.74) is 2.64. The van der Waals surface area contributed by atoms with Crippen LogP contribution in [0.3, 0.4) is 0 Å². The average molecular weight is 489 g/mol. The Balaban J connectivity index is 1.92. The summed E-state index contributed by atoms with van der Waals surface area (Å²) in [4.78, 5) is 29.8. The first-order chi connectivity index (χ1) is 15.6. The van der Waals surface area contributed by atoms with Gasteiger partial charge in [-0.25, -0.2) is 8.42 Å². The summed E-state index contributed by atoms with van der Waals surface area (Å²) >= 11 is 1.35. The van der Waals surface area contributed by atoms with Crippen molar-refractivity contribution in [3.05, 3.63) is 58.4 Å². The van der Waals surface area contributed by atoms with Crippen LogP contribution < -0.4 is 4.80 Å². The largest absolute Gasteiger partial charge is 0.465 e. The second kappa shape index (κ2) is 10.4. The molecule has 0 fully saturated rings. The lowest BCUT2D eigenvalue weighted by Gasteiger charge is -2.08. The lowest BCUT2D eigenvalue weighted by molar-refractivity contribution is -0.143. The van der Waals surface area contributed by atoms with Crippen molar-refractivity contribution < 1.29 is 22.7 Å². The standard InChI is InChI=1S/C24H28N2O5S2/c1-5-17-9-12-20-21(13-17)32-24(26(20)15-23(28)31-6-2)25-22(27)14-18-7-10-19(11-8-18)33(29,30)16(3)4/h7-13,16H,5-6,14-15H2,1-4H3. The first kappa shape index (κ1) is 24.9. The van der Waals surface area contributed by atoms with Crippen LogP contribution in [0.15, 0.2) is 52.4 Å². The maximum atomic E-state index is 12.7. The van der Waals surface area contributed by atoms with Crippen molar-refractivity contribution >= 4 is 43.3 Å². The third kappa shape index (κ3) is 5.78. The number of aromatic nitrogens is 1. The summed E-state index contributed by atoms with van der Waals surface area (Å²) in [5, 5.41) is -0.518. The van der Waals surface area contributed by atoms with E-state index in [1.807, 2.05) is 18.2 Å². The Bertz CT molecular complexity index is 1330. The van der Waals surface area contributed by atoms with Gasteiger partial charge >= 0.3 is 5.97 Å². The van der Waals surface area contributed by atoms with Crippen molar-refractivity contribution in [3.8, 4) is 0 Å². The maximum absolute atomic E-state index is 12.7. The first-order valence-electron chi connectivity index (χ1n) is 10.8. The Morgan fingerprint density at radius 3 is 2.33 bits per heavy atom. The average Bonchev–Trinajstić information content (AvgIpc) is 3.09. The fourth-order valence-electron chi connectivity index (χ4n) is 3.30. The molecule has 0 aliphatic heterocycles. The third-order valence-corrected chi connectivity index (χ3v) is 8.41. The van der Waals surface area contributed by atoms with E-state index in [4.69, 9.17) is 4.74 Å². The zero-order valence-electron chi connectivity index (χ0n) is 19.2. The molecule has 33 heavy (non-hydrogen) atoms. The molecule has 7 nitrogen and oxygen atoms in total. The molecule has 176 valence electrons. The van der Waals surface area contributed by atoms with Gasteiger partial charge in [-0.3, -0.25) is 9.59 Å². The molecule has 0 N–H and O–H groups in total. The van der Waals surface area contributed by atoms with Crippen molar-refractivity contribution in [1.82, 2.24) is 4.57 Å². The lowest BCUT2D eigenvalue weighted by Crippen LogP contribution is -2.23. The van der Waals surface area contributed by atoms with Crippen LogP contribution in [-0.2, 0) is 43.5 Å². The van der Waals surface area contributed by atoms with Gasteiger partial charge in [0.15, 0.2) is 14.6 Å². The van der Waals surface area contributed by atoms with Crippen molar-refractivity contribution in [2.45, 2.75) is 57.2 Å². The van der Waals surface area contributed by atoms with E-state index in [9.17, 15) is 18.0 Å². The van der Waals surface area contributed by atoms with Crippen molar-refractivity contribution in [2.24, 2.45) is 4.99 Å². The van der Waals surface area contributed by atoms with Crippen LogP contribution in [0, 0.1) is 0 Å². The highest BCUT2D eigenvalue weighted by atomic mass is 32.2. The zero-order chi connectivity index (χ0) is 24.2. The molecule has 0 saturated carbocycles. The van der Waals surface area contributed by atoms with E-state index < -0.39 is 21.1 Å².